The van der Waals surface area contributed by atoms with Crippen molar-refractivity contribution in [3.8, 4) is 118 Å². The normalized spacial score (nSPS) is 11.3. The summed E-state index contributed by atoms with van der Waals surface area (Å²) in [6.45, 7) is 0. The summed E-state index contributed by atoms with van der Waals surface area (Å²) < 4.78 is 16.4. The number of H-pyrrole nitrogens is 1. The molecular formula is C76H51BrN2O3-2. The van der Waals surface area contributed by atoms with Crippen molar-refractivity contribution in [2.45, 2.75) is 0 Å². The highest BCUT2D eigenvalue weighted by atomic mass is 79.9. The molecule has 14 aromatic rings. The molecule has 1 N–H and O–H groups in total. The molecule has 82 heavy (non-hydrogen) atoms. The highest BCUT2D eigenvalue weighted by Gasteiger charge is 2.30. The largest absolute Gasteiger partial charge is 2.00 e. The first-order chi connectivity index (χ1) is 40.1. The van der Waals surface area contributed by atoms with Crippen molar-refractivity contribution in [3.05, 3.63) is 308 Å². The number of para-hydroxylation sites is 6. The van der Waals surface area contributed by atoms with Gasteiger partial charge in [0.25, 0.3) is 0 Å². The first-order valence-electron chi connectivity index (χ1n) is 27.3. The van der Waals surface area contributed by atoms with Crippen LogP contribution in [0.25, 0.3) is 117 Å². The molecule has 0 saturated heterocycles. The molecule has 0 unspecified atom stereocenters. The fraction of sp³-hybridized carbons (Fsp3) is 0. The van der Waals surface area contributed by atoms with Crippen molar-refractivity contribution in [1.82, 2.24) is 9.55 Å². The van der Waals surface area contributed by atoms with E-state index in [4.69, 9.17) is 9.47 Å². The molecule has 2 aliphatic rings. The van der Waals surface area contributed by atoms with E-state index < -0.39 is 0 Å². The number of aromatic amines is 1. The van der Waals surface area contributed by atoms with E-state index in [0.717, 1.165) is 72.3 Å². The summed E-state index contributed by atoms with van der Waals surface area (Å²) in [4.78, 5) is 3.74. The summed E-state index contributed by atoms with van der Waals surface area (Å²) >= 11 is 3.42. The van der Waals surface area contributed by atoms with E-state index in [0.29, 0.717) is 0 Å². The zero-order valence-electron chi connectivity index (χ0n) is 44.4. The smallest absolute Gasteiger partial charge is 0.136 e. The molecule has 4 heterocycles. The maximum absolute atomic E-state index is 6.56. The lowest BCUT2D eigenvalue weighted by Crippen LogP contribution is -1.99. The minimum absolute atomic E-state index is 0. The van der Waals surface area contributed by atoms with Gasteiger partial charge in [0, 0.05) is 65.4 Å². The predicted octanol–water partition coefficient (Wildman–Crippen LogP) is 21.7. The van der Waals surface area contributed by atoms with Crippen LogP contribution in [0.2, 0.25) is 0 Å². The second-order valence-corrected chi connectivity index (χ2v) is 21.0. The Morgan fingerprint density at radius 3 is 1.22 bits per heavy atom. The molecule has 0 amide bonds. The maximum atomic E-state index is 6.56. The van der Waals surface area contributed by atoms with Crippen molar-refractivity contribution in [1.29, 1.82) is 0 Å². The Bertz CT molecular complexity index is 4550. The van der Waals surface area contributed by atoms with Crippen molar-refractivity contribution in [2.75, 3.05) is 0 Å². The van der Waals surface area contributed by atoms with E-state index in [1.165, 1.54) is 71.9 Å². The van der Waals surface area contributed by atoms with Gasteiger partial charge in [0.05, 0.1) is 22.4 Å². The molecule has 0 fully saturated rings. The van der Waals surface area contributed by atoms with Crippen LogP contribution >= 0.6 is 15.9 Å². The molecule has 0 aliphatic carbocycles. The fourth-order valence-corrected chi connectivity index (χ4v) is 11.8. The molecule has 0 radical (unpaired) electrons. The zero-order valence-corrected chi connectivity index (χ0v) is 46.0. The van der Waals surface area contributed by atoms with Crippen molar-refractivity contribution >= 4 is 37.7 Å². The summed E-state index contributed by atoms with van der Waals surface area (Å²) in [6.07, 6.45) is 0. The van der Waals surface area contributed by atoms with Gasteiger partial charge in [0.2, 0.25) is 0 Å². The highest BCUT2D eigenvalue weighted by Crippen LogP contribution is 2.54. The van der Waals surface area contributed by atoms with Gasteiger partial charge >= 0.3 is 0 Å². The van der Waals surface area contributed by atoms with Crippen LogP contribution in [0.5, 0.6) is 23.0 Å². The SMILES string of the molecule is Brc1ccc(-c2ccccc2)cc1.[O-2].c1ccc(-c2ccc(-n3c4c(c5cccc(-c6ccccc6)c53)-c3ccccc3Oc3ccccc3-4)cc2)cc1.c1ccc(-c2cccc3c4c([nH]c23)-c2ccccc2Oc2ccccc2-4)cc1. The topological polar surface area (TPSA) is 67.7 Å². The zero-order chi connectivity index (χ0) is 54.1. The predicted molar refractivity (Wildman–Crippen MR) is 340 cm³/mol. The third kappa shape index (κ3) is 9.56. The third-order valence-corrected chi connectivity index (χ3v) is 15.8. The maximum Gasteiger partial charge on any atom is 0.136 e. The standard InChI is InChI=1S/C38H25NO.C26H17NO.C12H9Br.O/c1-3-12-26(13-4-1)27-22-24-29(25-23-27)39-37-30(28-14-5-2-6-15-28)18-11-19-33(37)36-31-16-7-9-20-34(31)40-35-21-10-8-17-32(35)38(36)39;1-2-9-17(10-3-1)18-13-8-14-21-24-19-11-4-6-15-22(19)28-23-16-7-5-12-20(23)26(24)27-25(18)21;13-12-8-6-11(7-9-12)10-4-2-1-3-5-10;/h1-25H;1-16,27H;1-9H;/q;;;-2. The average molecular weight is 1120 g/mol. The molecule has 2 aliphatic heterocycles. The van der Waals surface area contributed by atoms with Crippen molar-refractivity contribution in [2.24, 2.45) is 0 Å². The van der Waals surface area contributed by atoms with E-state index in [1.807, 2.05) is 42.5 Å². The third-order valence-electron chi connectivity index (χ3n) is 15.2. The van der Waals surface area contributed by atoms with Gasteiger partial charge in [-0.2, -0.15) is 0 Å². The fourth-order valence-electron chi connectivity index (χ4n) is 11.5. The molecule has 392 valence electrons. The van der Waals surface area contributed by atoms with Crippen LogP contribution in [0.4, 0.5) is 0 Å². The second-order valence-electron chi connectivity index (χ2n) is 20.1. The van der Waals surface area contributed by atoms with Crippen LogP contribution < -0.4 is 9.47 Å². The first-order valence-corrected chi connectivity index (χ1v) is 28.1. The molecule has 16 rings (SSSR count). The minimum Gasteiger partial charge on any atom is -2.00 e. The van der Waals surface area contributed by atoms with E-state index >= 15 is 0 Å². The molecule has 0 spiro atoms. The highest BCUT2D eigenvalue weighted by molar-refractivity contribution is 9.10. The molecule has 12 aromatic carbocycles. The van der Waals surface area contributed by atoms with Gasteiger partial charge in [-0.3, -0.25) is 0 Å². The molecule has 5 nitrogen and oxygen atoms in total. The Labute approximate surface area is 485 Å². The number of nitrogens with zero attached hydrogens (tertiary/aromatic N) is 1. The number of rotatable bonds is 5. The number of ether oxygens (including phenoxy) is 2. The van der Waals surface area contributed by atoms with Gasteiger partial charge in [-0.05, 0) is 94.0 Å². The van der Waals surface area contributed by atoms with Crippen LogP contribution in [-0.2, 0) is 5.48 Å². The van der Waals surface area contributed by atoms with Crippen LogP contribution in [0.3, 0.4) is 0 Å². The summed E-state index contributed by atoms with van der Waals surface area (Å²) in [5.41, 5.74) is 22.2. The lowest BCUT2D eigenvalue weighted by atomic mass is 9.96. The van der Waals surface area contributed by atoms with Gasteiger partial charge in [-0.15, -0.1) is 0 Å². The summed E-state index contributed by atoms with van der Waals surface area (Å²) in [5, 5.41) is 2.42. The van der Waals surface area contributed by atoms with E-state index in [-0.39, 0.29) is 5.48 Å². The Hall–Kier alpha value is -10.2. The van der Waals surface area contributed by atoms with Crippen LogP contribution in [-0.4, -0.2) is 9.55 Å². The lowest BCUT2D eigenvalue weighted by molar-refractivity contribution is 0.487. The number of nitrogens with one attached hydrogen (secondary N) is 1. The average Bonchev–Trinajstić information content (AvgIpc) is 3.61. The van der Waals surface area contributed by atoms with Gasteiger partial charge in [0.1, 0.15) is 23.0 Å². The molecule has 0 saturated carbocycles. The molecule has 6 heteroatoms. The van der Waals surface area contributed by atoms with E-state index in [9.17, 15) is 0 Å². The van der Waals surface area contributed by atoms with Crippen LogP contribution in [0, 0.1) is 0 Å². The van der Waals surface area contributed by atoms with Gasteiger partial charge in [-0.1, -0.05) is 259 Å². The van der Waals surface area contributed by atoms with Crippen LogP contribution in [0.15, 0.2) is 308 Å². The number of aromatic nitrogens is 2. The minimum atomic E-state index is 0. The van der Waals surface area contributed by atoms with Gasteiger partial charge < -0.3 is 24.5 Å². The summed E-state index contributed by atoms with van der Waals surface area (Å²) in [5.74, 6) is 3.50. The molecule has 0 atom stereocenters. The molecule has 2 aromatic heterocycles. The van der Waals surface area contributed by atoms with E-state index in [1.54, 1.807) is 0 Å². The Morgan fingerprint density at radius 1 is 0.293 bits per heavy atom. The van der Waals surface area contributed by atoms with Crippen LogP contribution in [0.1, 0.15) is 0 Å². The Morgan fingerprint density at radius 2 is 0.671 bits per heavy atom. The number of halogens is 1. The van der Waals surface area contributed by atoms with Gasteiger partial charge in [0.15, 0.2) is 0 Å². The molecule has 0 bridgehead atoms. The Kier molecular flexibility index (Phi) is 14.0. The lowest BCUT2D eigenvalue weighted by Gasteiger charge is -2.16. The number of benzene rings is 12. The monoisotopic (exact) mass is 1120 g/mol. The number of hydrogen-bond donors (Lipinski definition) is 1. The van der Waals surface area contributed by atoms with Crippen molar-refractivity contribution in [3.63, 3.8) is 0 Å². The van der Waals surface area contributed by atoms with E-state index in [2.05, 4.69) is 286 Å². The summed E-state index contributed by atoms with van der Waals surface area (Å²) in [6, 6.07) is 106. The summed E-state index contributed by atoms with van der Waals surface area (Å²) in [7, 11) is 0. The number of hydrogen-bond acceptors (Lipinski definition) is 2. The molecular weight excluding hydrogens is 1070 g/mol. The van der Waals surface area contributed by atoms with Gasteiger partial charge in [-0.25, -0.2) is 0 Å². The quantitative estimate of drug-likeness (QED) is 0.187. The Balaban J connectivity index is 0.000000130. The second kappa shape index (κ2) is 22.5. The number of fused-ring (bicyclic) bond motifs is 14. The first kappa shape index (κ1) is 51.2. The van der Waals surface area contributed by atoms with Crippen molar-refractivity contribution < 1.29 is 14.9 Å².